The summed E-state index contributed by atoms with van der Waals surface area (Å²) >= 11 is 0. The summed E-state index contributed by atoms with van der Waals surface area (Å²) in [5.74, 6) is 2.54. The molecule has 0 aliphatic carbocycles. The molecule has 1 atom stereocenters. The summed E-state index contributed by atoms with van der Waals surface area (Å²) in [5.41, 5.74) is 0. The molecule has 0 aromatic rings. The van der Waals surface area contributed by atoms with E-state index >= 15 is 0 Å². The van der Waals surface area contributed by atoms with E-state index in [0.29, 0.717) is 0 Å². The van der Waals surface area contributed by atoms with Gasteiger partial charge in [0.25, 0.3) is 0 Å². The summed E-state index contributed by atoms with van der Waals surface area (Å²) in [7, 11) is 0. The number of nitrogens with one attached hydrogen (secondary N) is 1. The second-order valence-corrected chi connectivity index (χ2v) is 6.21. The zero-order chi connectivity index (χ0) is 12.8. The number of nitrogens with zero attached hydrogens (tertiary/aromatic N) is 1. The Balaban J connectivity index is 2.48. The van der Waals surface area contributed by atoms with Crippen LogP contribution in [-0.2, 0) is 0 Å². The van der Waals surface area contributed by atoms with Crippen molar-refractivity contribution in [1.82, 2.24) is 10.2 Å². The van der Waals surface area contributed by atoms with Crippen molar-refractivity contribution in [3.05, 3.63) is 0 Å². The molecule has 1 saturated heterocycles. The van der Waals surface area contributed by atoms with Gasteiger partial charge in [0.15, 0.2) is 0 Å². The fraction of sp³-hybridized carbons (Fsp3) is 1.00. The summed E-state index contributed by atoms with van der Waals surface area (Å²) < 4.78 is 0. The molecule has 1 aliphatic heterocycles. The highest BCUT2D eigenvalue weighted by molar-refractivity contribution is 4.83. The lowest BCUT2D eigenvalue weighted by Gasteiger charge is -2.39. The van der Waals surface area contributed by atoms with Gasteiger partial charge in [-0.15, -0.1) is 0 Å². The van der Waals surface area contributed by atoms with Crippen molar-refractivity contribution < 1.29 is 0 Å². The van der Waals surface area contributed by atoms with E-state index < -0.39 is 0 Å². The first-order valence-electron chi connectivity index (χ1n) is 7.53. The van der Waals surface area contributed by atoms with Crippen LogP contribution >= 0.6 is 0 Å². The zero-order valence-corrected chi connectivity index (χ0v) is 12.5. The smallest absolute Gasteiger partial charge is 0.00902 e. The van der Waals surface area contributed by atoms with Crippen LogP contribution in [0.5, 0.6) is 0 Å². The fourth-order valence-corrected chi connectivity index (χ4v) is 2.88. The third-order valence-electron chi connectivity index (χ3n) is 4.20. The molecule has 0 aromatic carbocycles. The third-order valence-corrected chi connectivity index (χ3v) is 4.20. The normalized spacial score (nSPS) is 19.1. The summed E-state index contributed by atoms with van der Waals surface area (Å²) in [4.78, 5) is 2.74. The molecule has 1 fully saturated rings. The van der Waals surface area contributed by atoms with Gasteiger partial charge in [0.1, 0.15) is 0 Å². The summed E-state index contributed by atoms with van der Waals surface area (Å²) in [6, 6.07) is 0.785. The first-order valence-corrected chi connectivity index (χ1v) is 7.53. The Kier molecular flexibility index (Phi) is 6.50. The monoisotopic (exact) mass is 240 g/mol. The molecular weight excluding hydrogens is 208 g/mol. The standard InChI is InChI=1S/C15H32N2/c1-6-15(7-2)17(10-12(3)4)11-13(5)14-8-16-9-14/h12-16H,6-11H2,1-5H3. The SMILES string of the molecule is CCC(CC)N(CC(C)C)CC(C)C1CNC1. The second-order valence-electron chi connectivity index (χ2n) is 6.21. The van der Waals surface area contributed by atoms with Crippen LogP contribution < -0.4 is 5.32 Å². The van der Waals surface area contributed by atoms with Crippen LogP contribution in [-0.4, -0.2) is 37.1 Å². The van der Waals surface area contributed by atoms with Crippen LogP contribution in [0.1, 0.15) is 47.5 Å². The quantitative estimate of drug-likeness (QED) is 0.701. The Morgan fingerprint density at radius 2 is 1.65 bits per heavy atom. The second kappa shape index (κ2) is 7.38. The van der Waals surface area contributed by atoms with Crippen LogP contribution in [0.15, 0.2) is 0 Å². The van der Waals surface area contributed by atoms with E-state index in [9.17, 15) is 0 Å². The molecule has 0 aromatic heterocycles. The number of rotatable bonds is 8. The molecule has 2 heteroatoms. The maximum absolute atomic E-state index is 3.39. The molecule has 0 radical (unpaired) electrons. The Hall–Kier alpha value is -0.0800. The molecule has 1 unspecified atom stereocenters. The largest absolute Gasteiger partial charge is 0.316 e. The van der Waals surface area contributed by atoms with Gasteiger partial charge < -0.3 is 5.32 Å². The Bertz CT molecular complexity index is 195. The van der Waals surface area contributed by atoms with Gasteiger partial charge in [-0.25, -0.2) is 0 Å². The van der Waals surface area contributed by atoms with Crippen molar-refractivity contribution in [2.45, 2.75) is 53.5 Å². The molecule has 1 N–H and O–H groups in total. The van der Waals surface area contributed by atoms with Gasteiger partial charge in [0, 0.05) is 19.1 Å². The van der Waals surface area contributed by atoms with Gasteiger partial charge in [-0.1, -0.05) is 34.6 Å². The van der Waals surface area contributed by atoms with Crippen molar-refractivity contribution in [3.8, 4) is 0 Å². The van der Waals surface area contributed by atoms with E-state index in [-0.39, 0.29) is 0 Å². The minimum absolute atomic E-state index is 0.780. The summed E-state index contributed by atoms with van der Waals surface area (Å²) in [6.45, 7) is 16.8. The predicted molar refractivity (Wildman–Crippen MR) is 76.3 cm³/mol. The first kappa shape index (κ1) is 15.0. The predicted octanol–water partition coefficient (Wildman–Crippen LogP) is 2.99. The lowest BCUT2D eigenvalue weighted by atomic mass is 9.88. The maximum atomic E-state index is 3.39. The van der Waals surface area contributed by atoms with Gasteiger partial charge in [-0.3, -0.25) is 4.90 Å². The van der Waals surface area contributed by atoms with Crippen LogP contribution in [0.4, 0.5) is 0 Å². The average Bonchev–Trinajstić information content (AvgIpc) is 2.15. The lowest BCUT2D eigenvalue weighted by Crippen LogP contribution is -2.50. The highest BCUT2D eigenvalue weighted by Gasteiger charge is 2.27. The van der Waals surface area contributed by atoms with Crippen molar-refractivity contribution in [1.29, 1.82) is 0 Å². The van der Waals surface area contributed by atoms with Gasteiger partial charge >= 0.3 is 0 Å². The highest BCUT2D eigenvalue weighted by Crippen LogP contribution is 2.20. The van der Waals surface area contributed by atoms with Crippen LogP contribution in [0.2, 0.25) is 0 Å². The van der Waals surface area contributed by atoms with E-state index in [4.69, 9.17) is 0 Å². The number of hydrogen-bond donors (Lipinski definition) is 1. The lowest BCUT2D eigenvalue weighted by molar-refractivity contribution is 0.111. The minimum atomic E-state index is 0.780. The molecule has 0 saturated carbocycles. The van der Waals surface area contributed by atoms with Crippen LogP contribution in [0.3, 0.4) is 0 Å². The molecule has 17 heavy (non-hydrogen) atoms. The fourth-order valence-electron chi connectivity index (χ4n) is 2.88. The Morgan fingerprint density at radius 1 is 1.06 bits per heavy atom. The zero-order valence-electron chi connectivity index (χ0n) is 12.5. The van der Waals surface area contributed by atoms with Crippen molar-refractivity contribution in [2.75, 3.05) is 26.2 Å². The van der Waals surface area contributed by atoms with E-state index in [2.05, 4.69) is 44.8 Å². The van der Waals surface area contributed by atoms with Gasteiger partial charge in [0.2, 0.25) is 0 Å². The van der Waals surface area contributed by atoms with E-state index in [1.807, 2.05) is 0 Å². The molecule has 0 spiro atoms. The minimum Gasteiger partial charge on any atom is -0.316 e. The molecule has 2 nitrogen and oxygen atoms in total. The Morgan fingerprint density at radius 3 is 2.00 bits per heavy atom. The third kappa shape index (κ3) is 4.59. The molecule has 0 amide bonds. The van der Waals surface area contributed by atoms with Gasteiger partial charge in [-0.05, 0) is 43.7 Å². The average molecular weight is 240 g/mol. The highest BCUT2D eigenvalue weighted by atomic mass is 15.2. The molecular formula is C15H32N2. The molecule has 102 valence electrons. The maximum Gasteiger partial charge on any atom is 0.00902 e. The summed E-state index contributed by atoms with van der Waals surface area (Å²) in [5, 5.41) is 3.39. The van der Waals surface area contributed by atoms with E-state index in [1.165, 1.54) is 39.0 Å². The van der Waals surface area contributed by atoms with E-state index in [1.54, 1.807) is 0 Å². The molecule has 1 heterocycles. The van der Waals surface area contributed by atoms with Gasteiger partial charge in [0.05, 0.1) is 0 Å². The molecule has 0 bridgehead atoms. The first-order chi connectivity index (χ1) is 8.08. The molecule has 1 rings (SSSR count). The van der Waals surface area contributed by atoms with Gasteiger partial charge in [-0.2, -0.15) is 0 Å². The van der Waals surface area contributed by atoms with Crippen molar-refractivity contribution in [2.24, 2.45) is 17.8 Å². The van der Waals surface area contributed by atoms with Crippen molar-refractivity contribution >= 4 is 0 Å². The van der Waals surface area contributed by atoms with E-state index in [0.717, 1.165) is 23.8 Å². The summed E-state index contributed by atoms with van der Waals surface area (Å²) in [6.07, 6.45) is 2.58. The number of hydrogen-bond acceptors (Lipinski definition) is 2. The van der Waals surface area contributed by atoms with Crippen LogP contribution in [0.25, 0.3) is 0 Å². The molecule has 1 aliphatic rings. The Labute approximate surface area is 108 Å². The van der Waals surface area contributed by atoms with Crippen LogP contribution in [0, 0.1) is 17.8 Å². The topological polar surface area (TPSA) is 15.3 Å². The van der Waals surface area contributed by atoms with Crippen molar-refractivity contribution in [3.63, 3.8) is 0 Å².